The summed E-state index contributed by atoms with van der Waals surface area (Å²) in [6, 6.07) is 13.3. The summed E-state index contributed by atoms with van der Waals surface area (Å²) in [5.41, 5.74) is 3.91. The first-order valence-corrected chi connectivity index (χ1v) is 11.9. The number of amides is 1. The number of hydrogen-bond acceptors (Lipinski definition) is 4. The lowest BCUT2D eigenvalue weighted by atomic mass is 10.1. The number of carbonyl (C=O) groups is 1. The number of anilines is 1. The summed E-state index contributed by atoms with van der Waals surface area (Å²) in [6.07, 6.45) is 4.95. The molecule has 0 saturated carbocycles. The Morgan fingerprint density at radius 2 is 1.76 bits per heavy atom. The maximum absolute atomic E-state index is 12.6. The quantitative estimate of drug-likeness (QED) is 0.727. The van der Waals surface area contributed by atoms with E-state index in [1.54, 1.807) is 25.1 Å². The van der Waals surface area contributed by atoms with Crippen LogP contribution in [0.25, 0.3) is 0 Å². The molecule has 1 aliphatic heterocycles. The predicted octanol–water partition coefficient (Wildman–Crippen LogP) is 3.28. The van der Waals surface area contributed by atoms with E-state index in [9.17, 15) is 13.2 Å². The van der Waals surface area contributed by atoms with Crippen LogP contribution >= 0.6 is 0 Å². The van der Waals surface area contributed by atoms with Gasteiger partial charge in [0.1, 0.15) is 0 Å². The minimum absolute atomic E-state index is 0.233. The summed E-state index contributed by atoms with van der Waals surface area (Å²) in [5.74, 6) is -0.233. The zero-order chi connectivity index (χ0) is 20.9. The second kappa shape index (κ2) is 9.41. The summed E-state index contributed by atoms with van der Waals surface area (Å²) >= 11 is 0. The van der Waals surface area contributed by atoms with Crippen molar-refractivity contribution in [3.05, 3.63) is 64.7 Å². The van der Waals surface area contributed by atoms with Crippen LogP contribution in [0.3, 0.4) is 0 Å². The van der Waals surface area contributed by atoms with Crippen molar-refractivity contribution >= 4 is 21.6 Å². The van der Waals surface area contributed by atoms with Crippen LogP contribution in [0, 0.1) is 6.92 Å². The van der Waals surface area contributed by atoms with Gasteiger partial charge in [-0.05, 0) is 61.7 Å². The minimum atomic E-state index is -3.40. The van der Waals surface area contributed by atoms with E-state index in [-0.39, 0.29) is 5.91 Å². The van der Waals surface area contributed by atoms with Crippen LogP contribution in [0.4, 0.5) is 5.69 Å². The number of aryl methyl sites for hydroxylation is 1. The van der Waals surface area contributed by atoms with Crippen molar-refractivity contribution in [2.75, 3.05) is 24.1 Å². The molecule has 0 unspecified atom stereocenters. The lowest BCUT2D eigenvalue weighted by Gasteiger charge is -2.26. The molecule has 2 aromatic carbocycles. The third-order valence-corrected chi connectivity index (χ3v) is 5.69. The standard InChI is InChI=1S/C22H29N3O3S/c1-17-9-10-20(14-21(17)24-29(2,27)28)22(26)23-15-18-7-6-8-19(13-18)16-25-11-4-3-5-12-25/h6-10,13-14,24H,3-5,11-12,15-16H2,1-2H3,(H,23,26). The molecule has 7 heteroatoms. The molecule has 2 aromatic rings. The number of nitrogens with one attached hydrogen (secondary N) is 2. The van der Waals surface area contributed by atoms with Gasteiger partial charge in [0.2, 0.25) is 10.0 Å². The molecular formula is C22H29N3O3S. The van der Waals surface area contributed by atoms with E-state index >= 15 is 0 Å². The van der Waals surface area contributed by atoms with Gasteiger partial charge in [0, 0.05) is 18.7 Å². The van der Waals surface area contributed by atoms with E-state index in [0.717, 1.165) is 37.0 Å². The van der Waals surface area contributed by atoms with Crippen molar-refractivity contribution in [3.8, 4) is 0 Å². The molecule has 0 spiro atoms. The number of carbonyl (C=O) groups excluding carboxylic acids is 1. The maximum atomic E-state index is 12.6. The lowest BCUT2D eigenvalue weighted by molar-refractivity contribution is 0.0951. The van der Waals surface area contributed by atoms with Gasteiger partial charge >= 0.3 is 0 Å². The molecule has 0 aromatic heterocycles. The topological polar surface area (TPSA) is 78.5 Å². The van der Waals surface area contributed by atoms with E-state index in [0.29, 0.717) is 17.8 Å². The van der Waals surface area contributed by atoms with E-state index in [1.165, 1.54) is 24.8 Å². The van der Waals surface area contributed by atoms with Crippen molar-refractivity contribution in [2.24, 2.45) is 0 Å². The molecule has 6 nitrogen and oxygen atoms in total. The van der Waals surface area contributed by atoms with Gasteiger partial charge in [-0.25, -0.2) is 8.42 Å². The summed E-state index contributed by atoms with van der Waals surface area (Å²) in [7, 11) is -3.40. The predicted molar refractivity (Wildman–Crippen MR) is 116 cm³/mol. The van der Waals surface area contributed by atoms with Crippen LogP contribution in [-0.4, -0.2) is 38.6 Å². The van der Waals surface area contributed by atoms with E-state index in [1.807, 2.05) is 12.1 Å². The highest BCUT2D eigenvalue weighted by molar-refractivity contribution is 7.92. The zero-order valence-corrected chi connectivity index (χ0v) is 17.9. The monoisotopic (exact) mass is 415 g/mol. The Balaban J connectivity index is 1.62. The first kappa shape index (κ1) is 21.3. The number of piperidine rings is 1. The van der Waals surface area contributed by atoms with Crippen LogP contribution in [0.2, 0.25) is 0 Å². The Morgan fingerprint density at radius 3 is 2.48 bits per heavy atom. The molecule has 1 fully saturated rings. The van der Waals surface area contributed by atoms with Gasteiger partial charge in [0.15, 0.2) is 0 Å². The Bertz CT molecular complexity index is 967. The second-order valence-electron chi connectivity index (χ2n) is 7.74. The molecule has 1 amide bonds. The minimum Gasteiger partial charge on any atom is -0.348 e. The summed E-state index contributed by atoms with van der Waals surface area (Å²) in [5, 5.41) is 2.93. The molecule has 3 rings (SSSR count). The number of hydrogen-bond donors (Lipinski definition) is 2. The molecular weight excluding hydrogens is 386 g/mol. The SMILES string of the molecule is Cc1ccc(C(=O)NCc2cccc(CN3CCCCC3)c2)cc1NS(C)(=O)=O. The second-order valence-corrected chi connectivity index (χ2v) is 9.49. The molecule has 0 bridgehead atoms. The van der Waals surface area contributed by atoms with Gasteiger partial charge in [-0.15, -0.1) is 0 Å². The molecule has 1 heterocycles. The van der Waals surface area contributed by atoms with Gasteiger partial charge < -0.3 is 5.32 Å². The van der Waals surface area contributed by atoms with E-state index < -0.39 is 10.0 Å². The normalized spacial score (nSPS) is 15.1. The molecule has 29 heavy (non-hydrogen) atoms. The van der Waals surface area contributed by atoms with Gasteiger partial charge in [-0.1, -0.05) is 36.8 Å². The fourth-order valence-electron chi connectivity index (χ4n) is 3.57. The Hall–Kier alpha value is -2.38. The third kappa shape index (κ3) is 6.58. The van der Waals surface area contributed by atoms with E-state index in [2.05, 4.69) is 27.1 Å². The Morgan fingerprint density at radius 1 is 1.03 bits per heavy atom. The third-order valence-electron chi connectivity index (χ3n) is 5.09. The number of nitrogens with zero attached hydrogens (tertiary/aromatic N) is 1. The highest BCUT2D eigenvalue weighted by Crippen LogP contribution is 2.18. The van der Waals surface area contributed by atoms with Crippen LogP contribution in [0.5, 0.6) is 0 Å². The zero-order valence-electron chi connectivity index (χ0n) is 17.1. The fraction of sp³-hybridized carbons (Fsp3) is 0.409. The average molecular weight is 416 g/mol. The van der Waals surface area contributed by atoms with Crippen LogP contribution in [-0.2, 0) is 23.1 Å². The Kier molecular flexibility index (Phi) is 6.92. The lowest BCUT2D eigenvalue weighted by Crippen LogP contribution is -2.29. The van der Waals surface area contributed by atoms with Crippen LogP contribution in [0.15, 0.2) is 42.5 Å². The van der Waals surface area contributed by atoms with E-state index in [4.69, 9.17) is 0 Å². The highest BCUT2D eigenvalue weighted by atomic mass is 32.2. The van der Waals surface area contributed by atoms with Crippen molar-refractivity contribution in [1.29, 1.82) is 0 Å². The maximum Gasteiger partial charge on any atom is 0.251 e. The van der Waals surface area contributed by atoms with Crippen molar-refractivity contribution in [1.82, 2.24) is 10.2 Å². The molecule has 1 saturated heterocycles. The smallest absolute Gasteiger partial charge is 0.251 e. The first-order valence-electron chi connectivity index (χ1n) is 9.97. The van der Waals surface area contributed by atoms with Gasteiger partial charge in [-0.2, -0.15) is 0 Å². The number of benzene rings is 2. The van der Waals surface area contributed by atoms with Crippen LogP contribution in [0.1, 0.15) is 46.3 Å². The summed E-state index contributed by atoms with van der Waals surface area (Å²) in [6.45, 7) is 5.47. The summed E-state index contributed by atoms with van der Waals surface area (Å²) in [4.78, 5) is 15.0. The van der Waals surface area contributed by atoms with Gasteiger partial charge in [-0.3, -0.25) is 14.4 Å². The van der Waals surface area contributed by atoms with Crippen molar-refractivity contribution in [3.63, 3.8) is 0 Å². The highest BCUT2D eigenvalue weighted by Gasteiger charge is 2.12. The van der Waals surface area contributed by atoms with Crippen molar-refractivity contribution < 1.29 is 13.2 Å². The van der Waals surface area contributed by atoms with Gasteiger partial charge in [0.05, 0.1) is 11.9 Å². The Labute approximate surface area is 173 Å². The fourth-order valence-corrected chi connectivity index (χ4v) is 4.19. The number of sulfonamides is 1. The number of likely N-dealkylation sites (tertiary alicyclic amines) is 1. The molecule has 0 aliphatic carbocycles. The van der Waals surface area contributed by atoms with Gasteiger partial charge in [0.25, 0.3) is 5.91 Å². The molecule has 0 radical (unpaired) electrons. The van der Waals surface area contributed by atoms with Crippen LogP contribution < -0.4 is 10.0 Å². The largest absolute Gasteiger partial charge is 0.348 e. The molecule has 2 N–H and O–H groups in total. The average Bonchev–Trinajstić information content (AvgIpc) is 2.68. The molecule has 156 valence electrons. The summed E-state index contributed by atoms with van der Waals surface area (Å²) < 4.78 is 25.5. The number of rotatable bonds is 7. The molecule has 0 atom stereocenters. The first-order chi connectivity index (χ1) is 13.8. The molecule has 1 aliphatic rings. The van der Waals surface area contributed by atoms with Crippen molar-refractivity contribution in [2.45, 2.75) is 39.3 Å².